The number of rotatable bonds is 4. The second-order valence-electron chi connectivity index (χ2n) is 4.55. The lowest BCUT2D eigenvalue weighted by Gasteiger charge is -2.08. The molecule has 0 aromatic heterocycles. The van der Waals surface area contributed by atoms with Crippen LogP contribution in [0, 0.1) is 12.7 Å². The fourth-order valence-corrected chi connectivity index (χ4v) is 1.89. The van der Waals surface area contributed by atoms with Crippen LogP contribution in [0.4, 0.5) is 10.1 Å². The van der Waals surface area contributed by atoms with Crippen molar-refractivity contribution in [1.82, 2.24) is 0 Å². The number of hydrogen-bond acceptors (Lipinski definition) is 3. The van der Waals surface area contributed by atoms with Crippen molar-refractivity contribution in [3.8, 4) is 0 Å². The summed E-state index contributed by atoms with van der Waals surface area (Å²) < 4.78 is 13.2. The highest BCUT2D eigenvalue weighted by molar-refractivity contribution is 5.96. The first-order valence-corrected chi connectivity index (χ1v) is 6.16. The third-order valence-corrected chi connectivity index (χ3v) is 2.90. The molecule has 0 aliphatic carbocycles. The fourth-order valence-electron chi connectivity index (χ4n) is 1.89. The van der Waals surface area contributed by atoms with Crippen molar-refractivity contribution in [2.45, 2.75) is 13.5 Å². The number of oxime groups is 1. The quantitative estimate of drug-likeness (QED) is 0.347. The summed E-state index contributed by atoms with van der Waals surface area (Å²) in [5, 5.41) is 14.7. The van der Waals surface area contributed by atoms with Crippen LogP contribution in [0.5, 0.6) is 0 Å². The van der Waals surface area contributed by atoms with Crippen LogP contribution in [0.2, 0.25) is 0 Å². The molecule has 0 unspecified atom stereocenters. The van der Waals surface area contributed by atoms with E-state index in [1.807, 2.05) is 25.1 Å². The molecule has 0 radical (unpaired) electrons. The van der Waals surface area contributed by atoms with Gasteiger partial charge in [-0.3, -0.25) is 0 Å². The Labute approximate surface area is 116 Å². The number of aryl methyl sites for hydroxylation is 1. The molecule has 0 saturated heterocycles. The maximum absolute atomic E-state index is 13.2. The zero-order chi connectivity index (χ0) is 14.5. The van der Waals surface area contributed by atoms with E-state index in [1.165, 1.54) is 12.1 Å². The van der Waals surface area contributed by atoms with Crippen LogP contribution in [0.25, 0.3) is 0 Å². The number of amidine groups is 1. The summed E-state index contributed by atoms with van der Waals surface area (Å²) in [4.78, 5) is 0. The second kappa shape index (κ2) is 6.06. The van der Waals surface area contributed by atoms with E-state index < -0.39 is 0 Å². The van der Waals surface area contributed by atoms with Crippen LogP contribution in [0.15, 0.2) is 47.6 Å². The van der Waals surface area contributed by atoms with E-state index >= 15 is 0 Å². The van der Waals surface area contributed by atoms with Crippen LogP contribution in [0.1, 0.15) is 16.7 Å². The lowest BCUT2D eigenvalue weighted by atomic mass is 10.1. The molecule has 2 rings (SSSR count). The molecule has 0 aliphatic rings. The highest BCUT2D eigenvalue weighted by atomic mass is 19.1. The minimum atomic E-state index is -0.255. The molecule has 2 aromatic carbocycles. The predicted molar refractivity (Wildman–Crippen MR) is 77.4 cm³/mol. The number of halogens is 1. The first-order valence-electron chi connectivity index (χ1n) is 6.16. The van der Waals surface area contributed by atoms with Crippen LogP contribution in [-0.4, -0.2) is 11.0 Å². The third kappa shape index (κ3) is 3.47. The van der Waals surface area contributed by atoms with E-state index in [0.29, 0.717) is 12.1 Å². The zero-order valence-electron chi connectivity index (χ0n) is 11.1. The van der Waals surface area contributed by atoms with E-state index in [1.54, 1.807) is 12.1 Å². The monoisotopic (exact) mass is 273 g/mol. The topological polar surface area (TPSA) is 70.6 Å². The molecule has 0 saturated carbocycles. The Morgan fingerprint density at radius 2 is 1.95 bits per heavy atom. The van der Waals surface area contributed by atoms with E-state index in [9.17, 15) is 4.39 Å². The van der Waals surface area contributed by atoms with Gasteiger partial charge in [0.1, 0.15) is 5.82 Å². The smallest absolute Gasteiger partial charge is 0.170 e. The molecule has 5 heteroatoms. The molecule has 20 heavy (non-hydrogen) atoms. The average molecular weight is 273 g/mol. The highest BCUT2D eigenvalue weighted by Gasteiger charge is 2.01. The largest absolute Gasteiger partial charge is 0.409 e. The van der Waals surface area contributed by atoms with Gasteiger partial charge in [0.05, 0.1) is 0 Å². The van der Waals surface area contributed by atoms with Gasteiger partial charge < -0.3 is 16.3 Å². The predicted octanol–water partition coefficient (Wildman–Crippen LogP) is 2.84. The van der Waals surface area contributed by atoms with Crippen molar-refractivity contribution in [1.29, 1.82) is 0 Å². The molecule has 0 spiro atoms. The van der Waals surface area contributed by atoms with E-state index in [-0.39, 0.29) is 11.7 Å². The van der Waals surface area contributed by atoms with Crippen LogP contribution in [-0.2, 0) is 6.54 Å². The normalized spacial score (nSPS) is 11.4. The van der Waals surface area contributed by atoms with Gasteiger partial charge in [-0.15, -0.1) is 0 Å². The van der Waals surface area contributed by atoms with Crippen LogP contribution >= 0.6 is 0 Å². The Hall–Kier alpha value is -2.56. The van der Waals surface area contributed by atoms with Gasteiger partial charge in [-0.25, -0.2) is 4.39 Å². The number of nitrogens with two attached hydrogens (primary N) is 1. The maximum Gasteiger partial charge on any atom is 0.170 e. The Bertz CT molecular complexity index is 603. The van der Waals surface area contributed by atoms with Crippen LogP contribution in [0.3, 0.4) is 0 Å². The number of benzene rings is 2. The molecule has 4 N–H and O–H groups in total. The van der Waals surface area contributed by atoms with Crippen molar-refractivity contribution in [2.24, 2.45) is 10.9 Å². The van der Waals surface area contributed by atoms with Gasteiger partial charge in [0.15, 0.2) is 5.84 Å². The first kappa shape index (κ1) is 13.9. The Morgan fingerprint density at radius 1 is 1.25 bits per heavy atom. The summed E-state index contributed by atoms with van der Waals surface area (Å²) in [6.07, 6.45) is 0. The van der Waals surface area contributed by atoms with Crippen molar-refractivity contribution in [3.63, 3.8) is 0 Å². The van der Waals surface area contributed by atoms with Gasteiger partial charge in [-0.05, 0) is 36.2 Å². The van der Waals surface area contributed by atoms with Crippen molar-refractivity contribution >= 4 is 11.5 Å². The standard InChI is InChI=1S/C15H16FN3O/c1-10-6-13(16)8-14(7-10)18-9-11-2-4-12(5-3-11)15(17)19-20/h2-8,18,20H,9H2,1H3,(H2,17,19). The number of anilines is 1. The van der Waals surface area contributed by atoms with Gasteiger partial charge in [0.25, 0.3) is 0 Å². The summed E-state index contributed by atoms with van der Waals surface area (Å²) in [6, 6.07) is 12.1. The molecule has 0 aliphatic heterocycles. The molecular formula is C15H16FN3O. The van der Waals surface area contributed by atoms with E-state index in [4.69, 9.17) is 10.9 Å². The number of nitrogens with zero attached hydrogens (tertiary/aromatic N) is 1. The number of nitrogens with one attached hydrogen (secondary N) is 1. The molecule has 0 bridgehead atoms. The van der Waals surface area contributed by atoms with E-state index in [2.05, 4.69) is 10.5 Å². The molecule has 4 nitrogen and oxygen atoms in total. The SMILES string of the molecule is Cc1cc(F)cc(NCc2ccc(C(N)=NO)cc2)c1. The van der Waals surface area contributed by atoms with Gasteiger partial charge in [0.2, 0.25) is 0 Å². The van der Waals surface area contributed by atoms with Crippen molar-refractivity contribution in [3.05, 3.63) is 65.0 Å². The molecule has 0 amide bonds. The molecule has 0 fully saturated rings. The summed E-state index contributed by atoms with van der Waals surface area (Å²) in [5.41, 5.74) is 8.76. The Morgan fingerprint density at radius 3 is 2.55 bits per heavy atom. The van der Waals surface area contributed by atoms with Gasteiger partial charge in [-0.2, -0.15) is 0 Å². The van der Waals surface area contributed by atoms with Crippen LogP contribution < -0.4 is 11.1 Å². The molecule has 2 aromatic rings. The Balaban J connectivity index is 2.04. The summed E-state index contributed by atoms with van der Waals surface area (Å²) in [6.45, 7) is 2.42. The first-order chi connectivity index (χ1) is 9.58. The zero-order valence-corrected chi connectivity index (χ0v) is 11.1. The number of hydrogen-bond donors (Lipinski definition) is 3. The molecule has 0 atom stereocenters. The molecular weight excluding hydrogens is 257 g/mol. The molecule has 104 valence electrons. The highest BCUT2D eigenvalue weighted by Crippen LogP contribution is 2.14. The lowest BCUT2D eigenvalue weighted by Crippen LogP contribution is -2.13. The average Bonchev–Trinajstić information content (AvgIpc) is 2.44. The third-order valence-electron chi connectivity index (χ3n) is 2.90. The maximum atomic E-state index is 13.2. The lowest BCUT2D eigenvalue weighted by molar-refractivity contribution is 0.318. The van der Waals surface area contributed by atoms with Gasteiger partial charge in [-0.1, -0.05) is 29.4 Å². The Kier molecular flexibility index (Phi) is 4.20. The second-order valence-corrected chi connectivity index (χ2v) is 4.55. The minimum absolute atomic E-state index is 0.0743. The summed E-state index contributed by atoms with van der Waals surface area (Å²) >= 11 is 0. The minimum Gasteiger partial charge on any atom is -0.409 e. The molecule has 0 heterocycles. The van der Waals surface area contributed by atoms with Gasteiger partial charge in [0, 0.05) is 17.8 Å². The van der Waals surface area contributed by atoms with E-state index in [0.717, 1.165) is 16.8 Å². The van der Waals surface area contributed by atoms with Crippen molar-refractivity contribution in [2.75, 3.05) is 5.32 Å². The fraction of sp³-hybridized carbons (Fsp3) is 0.133. The summed E-state index contributed by atoms with van der Waals surface area (Å²) in [7, 11) is 0. The van der Waals surface area contributed by atoms with Gasteiger partial charge >= 0.3 is 0 Å². The van der Waals surface area contributed by atoms with Crippen molar-refractivity contribution < 1.29 is 9.60 Å². The summed E-state index contributed by atoms with van der Waals surface area (Å²) in [5.74, 6) is -0.181.